The van der Waals surface area contributed by atoms with Gasteiger partial charge in [0.2, 0.25) is 0 Å². The molecule has 8 heteroatoms. The van der Waals surface area contributed by atoms with Gasteiger partial charge in [-0.3, -0.25) is 9.59 Å². The standard InChI is InChI=1S/C25H26N2O5S/c1-16-8-11-23(18(3)12-16)32-15-24(28)26-20-9-10-22(17(2)13-20)27-25(29)19-6-5-7-21(14-19)33(4,30)31/h5-14H,15H2,1-4H3,(H,26,28)(H,27,29). The first-order valence-electron chi connectivity index (χ1n) is 10.2. The van der Waals surface area contributed by atoms with Gasteiger partial charge in [-0.2, -0.15) is 0 Å². The number of hydrogen-bond acceptors (Lipinski definition) is 5. The Bertz CT molecular complexity index is 1320. The third-order valence-corrected chi connectivity index (χ3v) is 6.08. The van der Waals surface area contributed by atoms with E-state index in [0.717, 1.165) is 22.9 Å². The molecule has 3 aromatic rings. The van der Waals surface area contributed by atoms with Crippen LogP contribution >= 0.6 is 0 Å². The zero-order valence-electron chi connectivity index (χ0n) is 18.9. The normalized spacial score (nSPS) is 11.0. The zero-order valence-corrected chi connectivity index (χ0v) is 19.7. The number of anilines is 2. The smallest absolute Gasteiger partial charge is 0.262 e. The average molecular weight is 467 g/mol. The fraction of sp³-hybridized carbons (Fsp3) is 0.200. The van der Waals surface area contributed by atoms with Crippen molar-refractivity contribution in [1.29, 1.82) is 0 Å². The molecular formula is C25H26N2O5S. The van der Waals surface area contributed by atoms with Crippen LogP contribution in [0.1, 0.15) is 27.0 Å². The van der Waals surface area contributed by atoms with Gasteiger partial charge in [0.1, 0.15) is 5.75 Å². The molecular weight excluding hydrogens is 440 g/mol. The second kappa shape index (κ2) is 9.87. The second-order valence-corrected chi connectivity index (χ2v) is 9.91. The number of hydrogen-bond donors (Lipinski definition) is 2. The van der Waals surface area contributed by atoms with Gasteiger partial charge in [-0.1, -0.05) is 23.8 Å². The van der Waals surface area contributed by atoms with Crippen LogP contribution in [0.2, 0.25) is 0 Å². The first-order valence-corrected chi connectivity index (χ1v) is 12.1. The minimum absolute atomic E-state index is 0.0768. The Morgan fingerprint density at radius 2 is 1.64 bits per heavy atom. The topological polar surface area (TPSA) is 102 Å². The highest BCUT2D eigenvalue weighted by Gasteiger charge is 2.13. The lowest BCUT2D eigenvalue weighted by molar-refractivity contribution is -0.118. The quantitative estimate of drug-likeness (QED) is 0.541. The minimum Gasteiger partial charge on any atom is -0.483 e. The molecule has 0 unspecified atom stereocenters. The Hall–Kier alpha value is -3.65. The van der Waals surface area contributed by atoms with E-state index in [1.54, 1.807) is 31.2 Å². The minimum atomic E-state index is -3.41. The van der Waals surface area contributed by atoms with Crippen LogP contribution in [0.15, 0.2) is 65.6 Å². The molecule has 0 aliphatic heterocycles. The van der Waals surface area contributed by atoms with Crippen molar-refractivity contribution < 1.29 is 22.7 Å². The van der Waals surface area contributed by atoms with E-state index >= 15 is 0 Å². The number of benzene rings is 3. The van der Waals surface area contributed by atoms with Crippen molar-refractivity contribution in [2.45, 2.75) is 25.7 Å². The van der Waals surface area contributed by atoms with Crippen molar-refractivity contribution in [2.24, 2.45) is 0 Å². The summed E-state index contributed by atoms with van der Waals surface area (Å²) in [6, 6.07) is 16.7. The van der Waals surface area contributed by atoms with E-state index < -0.39 is 15.7 Å². The first kappa shape index (κ1) is 24.0. The SMILES string of the molecule is Cc1ccc(OCC(=O)Nc2ccc(NC(=O)c3cccc(S(C)(=O)=O)c3)c(C)c2)c(C)c1. The molecule has 0 saturated carbocycles. The Labute approximate surface area is 193 Å². The summed E-state index contributed by atoms with van der Waals surface area (Å²) in [5, 5.41) is 5.55. The first-order chi connectivity index (χ1) is 15.5. The summed E-state index contributed by atoms with van der Waals surface area (Å²) < 4.78 is 29.1. The van der Waals surface area contributed by atoms with Gasteiger partial charge < -0.3 is 15.4 Å². The number of aryl methyl sites for hydroxylation is 3. The fourth-order valence-corrected chi connectivity index (χ4v) is 3.91. The van der Waals surface area contributed by atoms with Crippen LogP contribution in [-0.2, 0) is 14.6 Å². The number of amides is 2. The third kappa shape index (κ3) is 6.43. The van der Waals surface area contributed by atoms with Crippen LogP contribution in [0.4, 0.5) is 11.4 Å². The van der Waals surface area contributed by atoms with Gasteiger partial charge >= 0.3 is 0 Å². The molecule has 0 bridgehead atoms. The van der Waals surface area contributed by atoms with Gasteiger partial charge in [0, 0.05) is 23.2 Å². The third-order valence-electron chi connectivity index (χ3n) is 4.97. The summed E-state index contributed by atoms with van der Waals surface area (Å²) in [7, 11) is -3.41. The highest BCUT2D eigenvalue weighted by atomic mass is 32.2. The Kier molecular flexibility index (Phi) is 7.18. The maximum atomic E-state index is 12.6. The lowest BCUT2D eigenvalue weighted by Crippen LogP contribution is -2.20. The maximum absolute atomic E-state index is 12.6. The Morgan fingerprint density at radius 3 is 2.30 bits per heavy atom. The number of rotatable bonds is 7. The average Bonchev–Trinajstić information content (AvgIpc) is 2.74. The molecule has 3 aromatic carbocycles. The molecule has 0 aliphatic carbocycles. The van der Waals surface area contributed by atoms with Crippen LogP contribution in [0.5, 0.6) is 5.75 Å². The van der Waals surface area contributed by atoms with E-state index in [2.05, 4.69) is 10.6 Å². The van der Waals surface area contributed by atoms with Crippen LogP contribution in [-0.4, -0.2) is 33.1 Å². The van der Waals surface area contributed by atoms with E-state index in [1.807, 2.05) is 32.0 Å². The van der Waals surface area contributed by atoms with E-state index in [0.29, 0.717) is 17.1 Å². The van der Waals surface area contributed by atoms with Crippen molar-refractivity contribution in [3.05, 3.63) is 82.9 Å². The number of nitrogens with one attached hydrogen (secondary N) is 2. The monoisotopic (exact) mass is 466 g/mol. The molecule has 0 atom stereocenters. The molecule has 3 rings (SSSR count). The molecule has 0 aromatic heterocycles. The molecule has 2 N–H and O–H groups in total. The van der Waals surface area contributed by atoms with Crippen LogP contribution in [0, 0.1) is 20.8 Å². The number of carbonyl (C=O) groups is 2. The summed E-state index contributed by atoms with van der Waals surface area (Å²) in [6.07, 6.45) is 1.09. The van der Waals surface area contributed by atoms with Crippen LogP contribution in [0.3, 0.4) is 0 Å². The van der Waals surface area contributed by atoms with E-state index in [9.17, 15) is 18.0 Å². The molecule has 0 aliphatic rings. The van der Waals surface area contributed by atoms with Crippen molar-refractivity contribution in [1.82, 2.24) is 0 Å². The van der Waals surface area contributed by atoms with E-state index in [4.69, 9.17) is 4.74 Å². The number of sulfone groups is 1. The molecule has 2 amide bonds. The lowest BCUT2D eigenvalue weighted by Gasteiger charge is -2.13. The lowest BCUT2D eigenvalue weighted by atomic mass is 10.1. The van der Waals surface area contributed by atoms with Crippen molar-refractivity contribution in [3.8, 4) is 5.75 Å². The second-order valence-electron chi connectivity index (χ2n) is 7.89. The van der Waals surface area contributed by atoms with Crippen molar-refractivity contribution >= 4 is 33.0 Å². The molecule has 7 nitrogen and oxygen atoms in total. The van der Waals surface area contributed by atoms with Gasteiger partial charge in [0.05, 0.1) is 4.90 Å². The van der Waals surface area contributed by atoms with Gasteiger partial charge in [-0.25, -0.2) is 8.42 Å². The Morgan fingerprint density at radius 1 is 0.879 bits per heavy atom. The van der Waals surface area contributed by atoms with E-state index in [1.165, 1.54) is 18.2 Å². The highest BCUT2D eigenvalue weighted by Crippen LogP contribution is 2.22. The number of carbonyl (C=O) groups excluding carboxylic acids is 2. The molecule has 172 valence electrons. The molecule has 0 fully saturated rings. The molecule has 0 heterocycles. The summed E-state index contributed by atoms with van der Waals surface area (Å²) >= 11 is 0. The van der Waals surface area contributed by atoms with Crippen molar-refractivity contribution in [2.75, 3.05) is 23.5 Å². The fourth-order valence-electron chi connectivity index (χ4n) is 3.25. The zero-order chi connectivity index (χ0) is 24.2. The molecule has 0 saturated heterocycles. The summed E-state index contributed by atoms with van der Waals surface area (Å²) in [5.41, 5.74) is 4.16. The largest absolute Gasteiger partial charge is 0.483 e. The Balaban J connectivity index is 1.62. The molecule has 0 radical (unpaired) electrons. The molecule has 0 spiro atoms. The van der Waals surface area contributed by atoms with Crippen LogP contribution in [0.25, 0.3) is 0 Å². The summed E-state index contributed by atoms with van der Waals surface area (Å²) in [6.45, 7) is 5.58. The van der Waals surface area contributed by atoms with Crippen LogP contribution < -0.4 is 15.4 Å². The van der Waals surface area contributed by atoms with E-state index in [-0.39, 0.29) is 23.0 Å². The predicted octanol–water partition coefficient (Wildman–Crippen LogP) is 4.29. The highest BCUT2D eigenvalue weighted by molar-refractivity contribution is 7.90. The maximum Gasteiger partial charge on any atom is 0.262 e. The van der Waals surface area contributed by atoms with Gasteiger partial charge in [-0.15, -0.1) is 0 Å². The van der Waals surface area contributed by atoms with Gasteiger partial charge in [-0.05, 0) is 74.4 Å². The summed E-state index contributed by atoms with van der Waals surface area (Å²) in [5.74, 6) is -0.0732. The predicted molar refractivity (Wildman–Crippen MR) is 129 cm³/mol. The number of ether oxygens (including phenoxy) is 1. The van der Waals surface area contributed by atoms with Crippen molar-refractivity contribution in [3.63, 3.8) is 0 Å². The van der Waals surface area contributed by atoms with Gasteiger partial charge in [0.15, 0.2) is 16.4 Å². The summed E-state index contributed by atoms with van der Waals surface area (Å²) in [4.78, 5) is 24.9. The van der Waals surface area contributed by atoms with Gasteiger partial charge in [0.25, 0.3) is 11.8 Å². The molecule has 33 heavy (non-hydrogen) atoms.